The molecule has 0 fully saturated rings. The van der Waals surface area contributed by atoms with Crippen LogP contribution in [0.2, 0.25) is 0 Å². The zero-order chi connectivity index (χ0) is 45.3. The molecule has 0 unspecified atom stereocenters. The van der Waals surface area contributed by atoms with Crippen molar-refractivity contribution in [1.29, 1.82) is 0 Å². The number of rotatable bonds is 10. The van der Waals surface area contributed by atoms with Crippen LogP contribution in [-0.4, -0.2) is 13.2 Å². The summed E-state index contributed by atoms with van der Waals surface area (Å²) >= 11 is 0. The van der Waals surface area contributed by atoms with Crippen molar-refractivity contribution in [3.8, 4) is 23.0 Å². The molecular weight excluding hydrogens is 757 g/mol. The average Bonchev–Trinajstić information content (AvgIpc) is 3.26. The van der Waals surface area contributed by atoms with E-state index in [1.54, 1.807) is 0 Å². The fourth-order valence-corrected chi connectivity index (χ4v) is 5.97. The molecule has 3 nitrogen and oxygen atoms in total. The maximum absolute atomic E-state index is 5.69. The van der Waals surface area contributed by atoms with Crippen molar-refractivity contribution < 1.29 is 14.2 Å². The van der Waals surface area contributed by atoms with Gasteiger partial charge in [0.15, 0.2) is 0 Å². The number of benzene rings is 7. The third-order valence-electron chi connectivity index (χ3n) is 9.99. The molecule has 0 atom stereocenters. The fraction of sp³-hybridized carbons (Fsp3) is 0.288. The minimum absolute atomic E-state index is 0.0708. The van der Waals surface area contributed by atoms with Crippen LogP contribution in [0, 0.1) is 55.4 Å². The monoisotopic (exact) mass is 829 g/mol. The molecule has 0 N–H and O–H groups in total. The third kappa shape index (κ3) is 19.5. The molecule has 0 radical (unpaired) electrons. The lowest BCUT2D eigenvalue weighted by Gasteiger charge is -2.26. The standard InChI is InChI=1S/C17H20.C14H14O.C12H18O2.2C8H10/c1-13-5-9-15(10-6-13)17(3,4)16-11-7-14(2)8-12-16;1-11-3-7-13(8-4-11)15-14-9-5-12(2)6-10-14;1-3-9-13-11-5-7-12(8-6-11)14-10-4-2;1-7-3-5-8(2)6-4-7;1-7-4-3-5-8(2)6-7/h5-12H,1-4H3;3-10H,1-2H3;5-8H,3-4,9-10H2,1-2H3;2*3-6H,1-2H3. The summed E-state index contributed by atoms with van der Waals surface area (Å²) in [4.78, 5) is 0. The van der Waals surface area contributed by atoms with Crippen LogP contribution in [-0.2, 0) is 5.41 Å². The molecular formula is C59H72O3. The van der Waals surface area contributed by atoms with Crippen molar-refractivity contribution in [2.75, 3.05) is 13.2 Å². The first-order chi connectivity index (χ1) is 29.7. The summed E-state index contributed by atoms with van der Waals surface area (Å²) in [6, 6.07) is 58.5. The smallest absolute Gasteiger partial charge is 0.127 e. The summed E-state index contributed by atoms with van der Waals surface area (Å²) in [6.45, 7) is 27.1. The Bertz CT molecular complexity index is 2080. The van der Waals surface area contributed by atoms with Crippen molar-refractivity contribution in [2.24, 2.45) is 0 Å². The predicted octanol–water partition coefficient (Wildman–Crippen LogP) is 16.6. The highest BCUT2D eigenvalue weighted by Crippen LogP contribution is 2.31. The molecule has 0 aliphatic heterocycles. The van der Waals surface area contributed by atoms with E-state index >= 15 is 0 Å². The highest BCUT2D eigenvalue weighted by atomic mass is 16.5. The van der Waals surface area contributed by atoms with Gasteiger partial charge in [0, 0.05) is 5.41 Å². The second kappa shape index (κ2) is 27.0. The predicted molar refractivity (Wildman–Crippen MR) is 267 cm³/mol. The van der Waals surface area contributed by atoms with Crippen LogP contribution in [0.3, 0.4) is 0 Å². The van der Waals surface area contributed by atoms with Gasteiger partial charge in [-0.15, -0.1) is 0 Å². The molecule has 0 saturated carbocycles. The van der Waals surface area contributed by atoms with E-state index in [9.17, 15) is 0 Å². The van der Waals surface area contributed by atoms with Gasteiger partial charge in [-0.25, -0.2) is 0 Å². The summed E-state index contributed by atoms with van der Waals surface area (Å²) in [5.41, 5.74) is 13.3. The van der Waals surface area contributed by atoms with Gasteiger partial charge < -0.3 is 14.2 Å². The third-order valence-corrected chi connectivity index (χ3v) is 9.99. The normalized spacial score (nSPS) is 10.2. The number of hydrogen-bond acceptors (Lipinski definition) is 3. The molecule has 3 heteroatoms. The zero-order valence-corrected chi connectivity index (χ0v) is 39.7. The molecule has 7 aromatic rings. The number of aryl methyl sites for hydroxylation is 8. The van der Waals surface area contributed by atoms with Crippen molar-refractivity contribution in [3.05, 3.63) is 225 Å². The van der Waals surface area contributed by atoms with Crippen molar-refractivity contribution in [2.45, 2.75) is 101 Å². The van der Waals surface area contributed by atoms with Crippen LogP contribution in [0.25, 0.3) is 0 Å². The Morgan fingerprint density at radius 3 is 0.839 bits per heavy atom. The van der Waals surface area contributed by atoms with Crippen LogP contribution in [0.15, 0.2) is 170 Å². The van der Waals surface area contributed by atoms with Gasteiger partial charge in [0.2, 0.25) is 0 Å². The number of ether oxygens (including phenoxy) is 3. The van der Waals surface area contributed by atoms with Crippen LogP contribution in [0.1, 0.15) is 96.2 Å². The largest absolute Gasteiger partial charge is 0.494 e. The zero-order valence-electron chi connectivity index (χ0n) is 39.7. The molecule has 62 heavy (non-hydrogen) atoms. The van der Waals surface area contributed by atoms with Crippen LogP contribution in [0.4, 0.5) is 0 Å². The molecule has 0 aromatic heterocycles. The lowest BCUT2D eigenvalue weighted by atomic mass is 9.78. The summed E-state index contributed by atoms with van der Waals surface area (Å²) in [6.07, 6.45) is 2.07. The fourth-order valence-electron chi connectivity index (χ4n) is 5.97. The van der Waals surface area contributed by atoms with E-state index in [4.69, 9.17) is 14.2 Å². The molecule has 7 aromatic carbocycles. The maximum Gasteiger partial charge on any atom is 0.127 e. The van der Waals surface area contributed by atoms with Crippen molar-refractivity contribution in [1.82, 2.24) is 0 Å². The Morgan fingerprint density at radius 2 is 0.581 bits per heavy atom. The van der Waals surface area contributed by atoms with Gasteiger partial charge in [0.1, 0.15) is 23.0 Å². The highest BCUT2D eigenvalue weighted by Gasteiger charge is 2.22. The van der Waals surface area contributed by atoms with Gasteiger partial charge in [-0.05, 0) is 128 Å². The van der Waals surface area contributed by atoms with E-state index in [-0.39, 0.29) is 5.41 Å². The lowest BCUT2D eigenvalue weighted by Crippen LogP contribution is -2.18. The van der Waals surface area contributed by atoms with Gasteiger partial charge in [-0.2, -0.15) is 0 Å². The Labute approximate surface area is 375 Å². The van der Waals surface area contributed by atoms with E-state index in [1.807, 2.05) is 72.8 Å². The highest BCUT2D eigenvalue weighted by molar-refractivity contribution is 5.40. The first-order valence-corrected chi connectivity index (χ1v) is 22.1. The van der Waals surface area contributed by atoms with Gasteiger partial charge >= 0.3 is 0 Å². The summed E-state index contributed by atoms with van der Waals surface area (Å²) < 4.78 is 16.6. The van der Waals surface area contributed by atoms with Crippen LogP contribution < -0.4 is 14.2 Å². The van der Waals surface area contributed by atoms with E-state index < -0.39 is 0 Å². The molecule has 0 heterocycles. The number of hydrogen-bond donors (Lipinski definition) is 0. The molecule has 0 saturated heterocycles. The molecule has 0 aliphatic carbocycles. The quantitative estimate of drug-likeness (QED) is 0.137. The van der Waals surface area contributed by atoms with E-state index in [0.29, 0.717) is 0 Å². The Balaban J connectivity index is 0.000000213. The van der Waals surface area contributed by atoms with E-state index in [1.165, 1.54) is 55.6 Å². The first-order valence-electron chi connectivity index (χ1n) is 22.1. The Hall–Kier alpha value is -6.06. The van der Waals surface area contributed by atoms with E-state index in [0.717, 1.165) is 49.1 Å². The van der Waals surface area contributed by atoms with Gasteiger partial charge in [-0.3, -0.25) is 0 Å². The van der Waals surface area contributed by atoms with Gasteiger partial charge in [-0.1, -0.05) is 194 Å². The first kappa shape index (κ1) is 50.3. The van der Waals surface area contributed by atoms with Crippen molar-refractivity contribution in [3.63, 3.8) is 0 Å². The van der Waals surface area contributed by atoms with Crippen LogP contribution >= 0.6 is 0 Å². The van der Waals surface area contributed by atoms with Gasteiger partial charge in [0.05, 0.1) is 13.2 Å². The molecule has 0 spiro atoms. The minimum atomic E-state index is 0.0708. The summed E-state index contributed by atoms with van der Waals surface area (Å²) in [5.74, 6) is 3.58. The second-order valence-electron chi connectivity index (χ2n) is 16.6. The SMILES string of the molecule is CCCOc1ccc(OCCC)cc1.Cc1ccc(C(C)(C)c2ccc(C)cc2)cc1.Cc1ccc(C)cc1.Cc1ccc(Oc2ccc(C)cc2)cc1.Cc1cccc(C)c1. The lowest BCUT2D eigenvalue weighted by molar-refractivity contribution is 0.308. The van der Waals surface area contributed by atoms with Gasteiger partial charge in [0.25, 0.3) is 0 Å². The molecule has 0 aliphatic rings. The molecule has 0 amide bonds. The molecule has 326 valence electrons. The summed E-state index contributed by atoms with van der Waals surface area (Å²) in [5, 5.41) is 0. The second-order valence-corrected chi connectivity index (χ2v) is 16.6. The average molecular weight is 829 g/mol. The van der Waals surface area contributed by atoms with Crippen LogP contribution in [0.5, 0.6) is 23.0 Å². The van der Waals surface area contributed by atoms with Crippen molar-refractivity contribution >= 4 is 0 Å². The Morgan fingerprint density at radius 1 is 0.323 bits per heavy atom. The Kier molecular flexibility index (Phi) is 21.9. The summed E-state index contributed by atoms with van der Waals surface area (Å²) in [7, 11) is 0. The van der Waals surface area contributed by atoms with E-state index in [2.05, 4.69) is 180 Å². The topological polar surface area (TPSA) is 27.7 Å². The molecule has 7 rings (SSSR count). The maximum atomic E-state index is 5.69. The molecule has 0 bridgehead atoms. The minimum Gasteiger partial charge on any atom is -0.494 e.